The third kappa shape index (κ3) is 3.40. The molecule has 1 saturated heterocycles. The molecule has 0 spiro atoms. The lowest BCUT2D eigenvalue weighted by molar-refractivity contribution is -0.194. The van der Waals surface area contributed by atoms with Gasteiger partial charge in [-0.3, -0.25) is 4.57 Å². The van der Waals surface area contributed by atoms with Crippen LogP contribution in [0.25, 0.3) is 11.2 Å². The number of aromatic carboxylic acids is 1. The highest BCUT2D eigenvalue weighted by Gasteiger charge is 2.80. The molecule has 0 bridgehead atoms. The number of nitrogens with two attached hydrogens (primary N) is 1. The van der Waals surface area contributed by atoms with Gasteiger partial charge in [0.15, 0.2) is 29.5 Å². The van der Waals surface area contributed by atoms with Crippen LogP contribution >= 0.6 is 22.9 Å². The zero-order chi connectivity index (χ0) is 26.2. The number of thiophene rings is 1. The van der Waals surface area contributed by atoms with Gasteiger partial charge in [0.1, 0.15) is 22.6 Å². The van der Waals surface area contributed by atoms with E-state index in [2.05, 4.69) is 15.0 Å². The van der Waals surface area contributed by atoms with E-state index in [0.29, 0.717) is 0 Å². The SMILES string of the molecule is Nc1nc(Cl)nc2c1ncn2[C@@H]1O[C@@H]2C(OC(Cc3csc(C(=O)O)c3)(C(=O)O)C(=O)O)[C@]2(O)[C@@H]1F. The molecule has 0 aromatic carbocycles. The summed E-state index contributed by atoms with van der Waals surface area (Å²) in [4.78, 5) is 46.7. The van der Waals surface area contributed by atoms with Crippen molar-refractivity contribution in [3.05, 3.63) is 33.5 Å². The standard InChI is InChI=1S/C19H15ClFN5O9S/c20-17-24-11(22)7-12(25-17)26(4-23-7)13-8(21)19(33)9(34-13)10(19)35-18(15(29)30,16(31)32)2-5-1-6(14(27)28)36-3-5/h1,3-4,8-10,13,33H,2H2,(H,27,28)(H,29,30)(H,31,32)(H2,22,24,25)/t8-,9-,10?,13-,19+/m1/s1. The van der Waals surface area contributed by atoms with E-state index in [1.54, 1.807) is 0 Å². The molecular weight excluding hydrogens is 529 g/mol. The topological polar surface area (TPSA) is 220 Å². The van der Waals surface area contributed by atoms with Crippen LogP contribution in [-0.2, 0) is 25.5 Å². The number of carbonyl (C=O) groups is 3. The molecule has 36 heavy (non-hydrogen) atoms. The smallest absolute Gasteiger partial charge is 0.348 e. The van der Waals surface area contributed by atoms with Crippen LogP contribution in [0.3, 0.4) is 0 Å². The average Bonchev–Trinajstić information content (AvgIpc) is 3.24. The third-order valence-electron chi connectivity index (χ3n) is 6.09. The molecule has 0 amide bonds. The summed E-state index contributed by atoms with van der Waals surface area (Å²) in [6.45, 7) is 0. The number of aliphatic carboxylic acids is 2. The van der Waals surface area contributed by atoms with E-state index < -0.39 is 60.1 Å². The summed E-state index contributed by atoms with van der Waals surface area (Å²) in [6.07, 6.45) is -6.45. The van der Waals surface area contributed by atoms with Crippen molar-refractivity contribution in [2.45, 2.75) is 42.2 Å². The number of rotatable bonds is 8. The van der Waals surface area contributed by atoms with E-state index in [-0.39, 0.29) is 32.7 Å². The Morgan fingerprint density at radius 1 is 1.31 bits per heavy atom. The number of hydrogen-bond acceptors (Lipinski definition) is 11. The molecule has 1 aliphatic carbocycles. The predicted octanol–water partition coefficient (Wildman–Crippen LogP) is 0.338. The van der Waals surface area contributed by atoms with Gasteiger partial charge in [0.05, 0.1) is 6.33 Å². The Labute approximate surface area is 207 Å². The highest BCUT2D eigenvalue weighted by atomic mass is 35.5. The minimum Gasteiger partial charge on any atom is -0.479 e. The van der Waals surface area contributed by atoms with Gasteiger partial charge in [-0.2, -0.15) is 9.97 Å². The highest BCUT2D eigenvalue weighted by molar-refractivity contribution is 7.12. The molecule has 1 unspecified atom stereocenters. The fourth-order valence-electron chi connectivity index (χ4n) is 4.20. The number of anilines is 1. The number of imidazole rings is 1. The first-order valence-corrected chi connectivity index (χ1v) is 11.3. The van der Waals surface area contributed by atoms with Crippen molar-refractivity contribution in [3.63, 3.8) is 0 Å². The Kier molecular flexibility index (Phi) is 5.42. The van der Waals surface area contributed by atoms with E-state index in [9.17, 15) is 29.7 Å². The number of carboxylic acids is 3. The number of hydrogen-bond donors (Lipinski definition) is 5. The zero-order valence-electron chi connectivity index (χ0n) is 17.6. The molecule has 4 heterocycles. The van der Waals surface area contributed by atoms with Crippen LogP contribution in [0.2, 0.25) is 5.28 Å². The highest BCUT2D eigenvalue weighted by Crippen LogP contribution is 2.58. The minimum absolute atomic E-state index is 0.0135. The molecule has 5 atom stereocenters. The molecule has 1 saturated carbocycles. The second kappa shape index (κ2) is 8.04. The van der Waals surface area contributed by atoms with Crippen LogP contribution in [0.4, 0.5) is 10.2 Å². The van der Waals surface area contributed by atoms with E-state index >= 15 is 4.39 Å². The number of aromatic nitrogens is 4. The number of halogens is 2. The quantitative estimate of drug-likeness (QED) is 0.191. The second-order valence-electron chi connectivity index (χ2n) is 8.22. The Balaban J connectivity index is 1.41. The molecule has 2 fully saturated rings. The van der Waals surface area contributed by atoms with E-state index in [1.807, 2.05) is 0 Å². The van der Waals surface area contributed by atoms with Crippen LogP contribution in [0.15, 0.2) is 17.8 Å². The summed E-state index contributed by atoms with van der Waals surface area (Å²) in [5, 5.41) is 40.5. The second-order valence-corrected chi connectivity index (χ2v) is 9.46. The van der Waals surface area contributed by atoms with Crippen LogP contribution in [0.5, 0.6) is 0 Å². The Bertz CT molecular complexity index is 1420. The van der Waals surface area contributed by atoms with Crippen molar-refractivity contribution >= 4 is 57.8 Å². The van der Waals surface area contributed by atoms with Gasteiger partial charge in [-0.15, -0.1) is 11.3 Å². The fourth-order valence-corrected chi connectivity index (χ4v) is 5.12. The normalized spacial score (nSPS) is 27.2. The number of ether oxygens (including phenoxy) is 2. The van der Waals surface area contributed by atoms with Crippen molar-refractivity contribution in [1.82, 2.24) is 19.5 Å². The lowest BCUT2D eigenvalue weighted by Gasteiger charge is -2.28. The van der Waals surface area contributed by atoms with Crippen molar-refractivity contribution < 1.29 is 48.7 Å². The summed E-state index contributed by atoms with van der Waals surface area (Å²) in [7, 11) is 0. The van der Waals surface area contributed by atoms with Crippen LogP contribution < -0.4 is 5.73 Å². The molecule has 0 radical (unpaired) electrons. The van der Waals surface area contributed by atoms with Gasteiger partial charge in [-0.25, -0.2) is 23.8 Å². The first kappa shape index (κ1) is 24.3. The third-order valence-corrected chi connectivity index (χ3v) is 7.22. The molecule has 6 N–H and O–H groups in total. The van der Waals surface area contributed by atoms with Gasteiger partial charge < -0.3 is 35.6 Å². The van der Waals surface area contributed by atoms with E-state index in [0.717, 1.165) is 28.3 Å². The Hall–Kier alpha value is -3.44. The number of fused-ring (bicyclic) bond motifs is 2. The molecular formula is C19H15ClFN5O9S. The van der Waals surface area contributed by atoms with Crippen molar-refractivity contribution in [3.8, 4) is 0 Å². The average molecular weight is 544 g/mol. The molecule has 1 aliphatic heterocycles. The lowest BCUT2D eigenvalue weighted by Crippen LogP contribution is -2.53. The summed E-state index contributed by atoms with van der Waals surface area (Å²) in [5.41, 5.74) is 0.551. The first-order chi connectivity index (χ1) is 16.9. The molecule has 14 nitrogen and oxygen atoms in total. The fraction of sp³-hybridized carbons (Fsp3) is 0.368. The number of carboxylic acid groups (broad SMARTS) is 3. The first-order valence-electron chi connectivity index (χ1n) is 10.0. The van der Waals surface area contributed by atoms with Gasteiger partial charge in [-0.05, 0) is 28.6 Å². The maximum absolute atomic E-state index is 15.5. The Morgan fingerprint density at radius 3 is 2.56 bits per heavy atom. The van der Waals surface area contributed by atoms with Crippen LogP contribution in [0, 0.1) is 0 Å². The molecule has 3 aromatic rings. The number of nitrogens with zero attached hydrogens (tertiary/aromatic N) is 4. The van der Waals surface area contributed by atoms with Crippen molar-refractivity contribution in [2.24, 2.45) is 0 Å². The molecule has 17 heteroatoms. The van der Waals surface area contributed by atoms with Crippen molar-refractivity contribution in [2.75, 3.05) is 5.73 Å². The van der Waals surface area contributed by atoms with Gasteiger partial charge in [0, 0.05) is 6.42 Å². The summed E-state index contributed by atoms with van der Waals surface area (Å²) in [5.74, 6) is -5.22. The largest absolute Gasteiger partial charge is 0.479 e. The lowest BCUT2D eigenvalue weighted by atomic mass is 9.95. The van der Waals surface area contributed by atoms with E-state index in [1.165, 1.54) is 5.38 Å². The molecule has 190 valence electrons. The predicted molar refractivity (Wildman–Crippen MR) is 116 cm³/mol. The Morgan fingerprint density at radius 2 is 2.00 bits per heavy atom. The van der Waals surface area contributed by atoms with Gasteiger partial charge >= 0.3 is 17.9 Å². The van der Waals surface area contributed by atoms with Crippen molar-refractivity contribution in [1.29, 1.82) is 0 Å². The summed E-state index contributed by atoms with van der Waals surface area (Å²) in [6, 6.07) is 1.10. The van der Waals surface area contributed by atoms with Crippen LogP contribution in [0.1, 0.15) is 21.5 Å². The maximum Gasteiger partial charge on any atom is 0.348 e. The van der Waals surface area contributed by atoms with Gasteiger partial charge in [0.2, 0.25) is 5.28 Å². The zero-order valence-corrected chi connectivity index (χ0v) is 19.2. The molecule has 2 aliphatic rings. The van der Waals surface area contributed by atoms with Gasteiger partial charge in [0.25, 0.3) is 5.60 Å². The van der Waals surface area contributed by atoms with Gasteiger partial charge in [-0.1, -0.05) is 0 Å². The number of alkyl halides is 1. The summed E-state index contributed by atoms with van der Waals surface area (Å²) < 4.78 is 27.5. The number of aliphatic hydroxyl groups is 1. The van der Waals surface area contributed by atoms with Crippen LogP contribution in [-0.4, -0.2) is 87.4 Å². The maximum atomic E-state index is 15.5. The van der Waals surface area contributed by atoms with E-state index in [4.69, 9.17) is 31.9 Å². The molecule has 5 rings (SSSR count). The molecule has 3 aromatic heterocycles. The summed E-state index contributed by atoms with van der Waals surface area (Å²) >= 11 is 6.57. The minimum atomic E-state index is -2.96. The number of nitrogen functional groups attached to an aromatic ring is 1. The monoisotopic (exact) mass is 543 g/mol.